The van der Waals surface area contributed by atoms with Gasteiger partial charge in [-0.2, -0.15) is 0 Å². The van der Waals surface area contributed by atoms with E-state index in [4.69, 9.17) is 11.6 Å². The van der Waals surface area contributed by atoms with Crippen molar-refractivity contribution < 1.29 is 13.6 Å². The van der Waals surface area contributed by atoms with Gasteiger partial charge in [0.2, 0.25) is 0 Å². The van der Waals surface area contributed by atoms with E-state index in [1.807, 2.05) is 6.07 Å². The van der Waals surface area contributed by atoms with Gasteiger partial charge in [-0.3, -0.25) is 4.79 Å². The van der Waals surface area contributed by atoms with Crippen LogP contribution in [0, 0.1) is 11.6 Å². The maximum Gasteiger partial charge on any atom is 0.175 e. The van der Waals surface area contributed by atoms with Gasteiger partial charge in [-0.25, -0.2) is 8.78 Å². The van der Waals surface area contributed by atoms with Crippen molar-refractivity contribution in [3.8, 4) is 0 Å². The molecule has 0 bridgehead atoms. The molecule has 0 saturated heterocycles. The summed E-state index contributed by atoms with van der Waals surface area (Å²) in [6.07, 6.45) is 0. The Morgan fingerprint density at radius 2 is 1.90 bits per heavy atom. The van der Waals surface area contributed by atoms with Crippen LogP contribution in [-0.4, -0.2) is 11.0 Å². The Hall–Kier alpha value is -1.39. The zero-order valence-corrected chi connectivity index (χ0v) is 12.1. The number of carbonyl (C=O) groups excluding carboxylic acids is 1. The molecule has 0 aromatic heterocycles. The summed E-state index contributed by atoms with van der Waals surface area (Å²) >= 11 is 7.19. The van der Waals surface area contributed by atoms with Crippen molar-refractivity contribution in [1.82, 2.24) is 0 Å². The SMILES string of the molecule is CC(Sc1cccc(Cl)c1)C(=O)c1ccc(F)c(F)c1. The highest BCUT2D eigenvalue weighted by atomic mass is 35.5. The Morgan fingerprint density at radius 3 is 2.55 bits per heavy atom. The molecule has 1 unspecified atom stereocenters. The highest BCUT2D eigenvalue weighted by Crippen LogP contribution is 2.27. The van der Waals surface area contributed by atoms with Gasteiger partial charge >= 0.3 is 0 Å². The van der Waals surface area contributed by atoms with Gasteiger partial charge < -0.3 is 0 Å². The first kappa shape index (κ1) is 15.0. The maximum absolute atomic E-state index is 13.1. The molecule has 0 aliphatic heterocycles. The van der Waals surface area contributed by atoms with Crippen LogP contribution in [0.15, 0.2) is 47.4 Å². The quantitative estimate of drug-likeness (QED) is 0.585. The molecule has 1 nitrogen and oxygen atoms in total. The van der Waals surface area contributed by atoms with E-state index in [2.05, 4.69) is 0 Å². The van der Waals surface area contributed by atoms with Crippen molar-refractivity contribution in [2.24, 2.45) is 0 Å². The average Bonchev–Trinajstić information content (AvgIpc) is 2.41. The molecule has 0 saturated carbocycles. The lowest BCUT2D eigenvalue weighted by atomic mass is 10.1. The fourth-order valence-electron chi connectivity index (χ4n) is 1.68. The van der Waals surface area contributed by atoms with Crippen LogP contribution in [0.4, 0.5) is 8.78 Å². The molecule has 2 rings (SSSR count). The molecule has 20 heavy (non-hydrogen) atoms. The molecule has 0 spiro atoms. The molecule has 1 atom stereocenters. The number of ketones is 1. The second kappa shape index (κ2) is 6.37. The highest BCUT2D eigenvalue weighted by molar-refractivity contribution is 8.00. The molecule has 5 heteroatoms. The third-order valence-corrected chi connectivity index (χ3v) is 4.01. The van der Waals surface area contributed by atoms with E-state index in [9.17, 15) is 13.6 Å². The predicted molar refractivity (Wildman–Crippen MR) is 77.5 cm³/mol. The van der Waals surface area contributed by atoms with E-state index in [0.717, 1.165) is 17.0 Å². The highest BCUT2D eigenvalue weighted by Gasteiger charge is 2.18. The van der Waals surface area contributed by atoms with Crippen LogP contribution in [0.3, 0.4) is 0 Å². The standard InChI is InChI=1S/C15H11ClF2OS/c1-9(20-12-4-2-3-11(16)8-12)15(19)10-5-6-13(17)14(18)7-10/h2-9H,1H3. The predicted octanol–water partition coefficient (Wildman–Crippen LogP) is 4.98. The molecule has 0 aliphatic rings. The molecule has 0 amide bonds. The minimum Gasteiger partial charge on any atom is -0.293 e. The first-order chi connectivity index (χ1) is 9.47. The summed E-state index contributed by atoms with van der Waals surface area (Å²) in [5, 5.41) is 0.167. The number of benzene rings is 2. The summed E-state index contributed by atoms with van der Waals surface area (Å²) in [7, 11) is 0. The van der Waals surface area contributed by atoms with Crippen LogP contribution in [0.1, 0.15) is 17.3 Å². The van der Waals surface area contributed by atoms with Crippen LogP contribution in [0.5, 0.6) is 0 Å². The van der Waals surface area contributed by atoms with E-state index in [1.165, 1.54) is 17.8 Å². The second-order valence-corrected chi connectivity index (χ2v) is 6.06. The van der Waals surface area contributed by atoms with Crippen LogP contribution in [0.2, 0.25) is 5.02 Å². The molecule has 0 N–H and O–H groups in total. The summed E-state index contributed by atoms with van der Waals surface area (Å²) in [6, 6.07) is 10.3. The Kier molecular flexibility index (Phi) is 4.78. The minimum absolute atomic E-state index is 0.158. The third kappa shape index (κ3) is 3.58. The van der Waals surface area contributed by atoms with Crippen molar-refractivity contribution in [3.05, 3.63) is 64.7 Å². The fraction of sp³-hybridized carbons (Fsp3) is 0.133. The number of rotatable bonds is 4. The van der Waals surface area contributed by atoms with Crippen LogP contribution < -0.4 is 0 Å². The number of hydrogen-bond acceptors (Lipinski definition) is 2. The smallest absolute Gasteiger partial charge is 0.175 e. The summed E-state index contributed by atoms with van der Waals surface area (Å²) in [6.45, 7) is 1.72. The number of thioether (sulfide) groups is 1. The number of hydrogen-bond donors (Lipinski definition) is 0. The van der Waals surface area contributed by atoms with E-state index < -0.39 is 16.9 Å². The number of halogens is 3. The van der Waals surface area contributed by atoms with Gasteiger partial charge in [0.05, 0.1) is 5.25 Å². The lowest BCUT2D eigenvalue weighted by molar-refractivity contribution is 0.0993. The van der Waals surface area contributed by atoms with Gasteiger partial charge in [-0.05, 0) is 43.3 Å². The van der Waals surface area contributed by atoms with Gasteiger partial charge in [-0.15, -0.1) is 11.8 Å². The lowest BCUT2D eigenvalue weighted by Gasteiger charge is -2.10. The van der Waals surface area contributed by atoms with E-state index >= 15 is 0 Å². The lowest BCUT2D eigenvalue weighted by Crippen LogP contribution is -2.13. The zero-order valence-electron chi connectivity index (χ0n) is 10.6. The van der Waals surface area contributed by atoms with Crippen molar-refractivity contribution in [3.63, 3.8) is 0 Å². The molecule has 0 aliphatic carbocycles. The molecule has 0 fully saturated rings. The topological polar surface area (TPSA) is 17.1 Å². The summed E-state index contributed by atoms with van der Waals surface area (Å²) < 4.78 is 26.0. The van der Waals surface area contributed by atoms with Crippen LogP contribution in [0.25, 0.3) is 0 Å². The average molecular weight is 313 g/mol. The van der Waals surface area contributed by atoms with E-state index in [1.54, 1.807) is 25.1 Å². The summed E-state index contributed by atoms with van der Waals surface area (Å²) in [5.74, 6) is -2.23. The summed E-state index contributed by atoms with van der Waals surface area (Å²) in [4.78, 5) is 13.0. The van der Waals surface area contributed by atoms with Gasteiger partial charge in [0.25, 0.3) is 0 Å². The van der Waals surface area contributed by atoms with Gasteiger partial charge in [0.1, 0.15) is 0 Å². The number of Topliss-reactive ketones (excluding diaryl/α,β-unsaturated/α-hetero) is 1. The molecule has 0 heterocycles. The molecular weight excluding hydrogens is 302 g/mol. The first-order valence-corrected chi connectivity index (χ1v) is 7.14. The zero-order chi connectivity index (χ0) is 14.7. The van der Waals surface area contributed by atoms with E-state index in [0.29, 0.717) is 5.02 Å². The third-order valence-electron chi connectivity index (χ3n) is 2.68. The van der Waals surface area contributed by atoms with Crippen molar-refractivity contribution in [1.29, 1.82) is 0 Å². The molecule has 2 aromatic carbocycles. The van der Waals surface area contributed by atoms with E-state index in [-0.39, 0.29) is 11.3 Å². The monoisotopic (exact) mass is 312 g/mol. The Morgan fingerprint density at radius 1 is 1.15 bits per heavy atom. The largest absolute Gasteiger partial charge is 0.293 e. The van der Waals surface area contributed by atoms with Gasteiger partial charge in [0.15, 0.2) is 17.4 Å². The van der Waals surface area contributed by atoms with Crippen LogP contribution in [-0.2, 0) is 0 Å². The van der Waals surface area contributed by atoms with Crippen LogP contribution >= 0.6 is 23.4 Å². The fourth-order valence-corrected chi connectivity index (χ4v) is 2.94. The first-order valence-electron chi connectivity index (χ1n) is 5.89. The van der Waals surface area contributed by atoms with Crippen molar-refractivity contribution >= 4 is 29.1 Å². The summed E-state index contributed by atoms with van der Waals surface area (Å²) in [5.41, 5.74) is 0.158. The molecule has 2 aromatic rings. The second-order valence-electron chi connectivity index (χ2n) is 4.21. The normalized spacial score (nSPS) is 12.2. The van der Waals surface area contributed by atoms with Gasteiger partial charge in [0, 0.05) is 15.5 Å². The Labute approximate surface area is 125 Å². The Bertz CT molecular complexity index is 646. The Balaban J connectivity index is 2.14. The molecular formula is C15H11ClF2OS. The minimum atomic E-state index is -1.02. The van der Waals surface area contributed by atoms with Crippen molar-refractivity contribution in [2.75, 3.05) is 0 Å². The molecule has 0 radical (unpaired) electrons. The van der Waals surface area contributed by atoms with Crippen molar-refractivity contribution in [2.45, 2.75) is 17.1 Å². The molecule has 104 valence electrons. The number of carbonyl (C=O) groups is 1. The van der Waals surface area contributed by atoms with Gasteiger partial charge in [-0.1, -0.05) is 17.7 Å². The maximum atomic E-state index is 13.1.